The summed E-state index contributed by atoms with van der Waals surface area (Å²) in [5.74, 6) is 0.615. The first kappa shape index (κ1) is 8.68. The van der Waals surface area contributed by atoms with Gasteiger partial charge in [-0.1, -0.05) is 11.6 Å². The summed E-state index contributed by atoms with van der Waals surface area (Å²) in [5, 5.41) is 1.31. The van der Waals surface area contributed by atoms with Crippen molar-refractivity contribution in [3.05, 3.63) is 17.3 Å². The quantitative estimate of drug-likeness (QED) is 0.527. The Hall–Kier alpha value is -0.410. The Morgan fingerprint density at radius 2 is 2.27 bits per heavy atom. The molecule has 0 atom stereocenters. The Morgan fingerprint density at radius 3 is 2.73 bits per heavy atom. The molecule has 1 heterocycles. The van der Waals surface area contributed by atoms with E-state index in [1.807, 2.05) is 12.3 Å². The molecule has 0 fully saturated rings. The SMILES string of the molecule is COc1ccc(SC)nc1Cl. The fourth-order valence-corrected chi connectivity index (χ4v) is 1.34. The third-order valence-corrected chi connectivity index (χ3v) is 2.13. The number of thioether (sulfide) groups is 1. The van der Waals surface area contributed by atoms with Gasteiger partial charge in [0.15, 0.2) is 10.9 Å². The van der Waals surface area contributed by atoms with Crippen LogP contribution < -0.4 is 4.74 Å². The van der Waals surface area contributed by atoms with E-state index in [0.717, 1.165) is 5.03 Å². The average molecular weight is 190 g/mol. The van der Waals surface area contributed by atoms with Crippen molar-refractivity contribution in [1.82, 2.24) is 4.98 Å². The molecule has 0 bridgehead atoms. The Kier molecular flexibility index (Phi) is 3.02. The second-order valence-electron chi connectivity index (χ2n) is 1.85. The summed E-state index contributed by atoms with van der Waals surface area (Å²) in [6, 6.07) is 3.68. The summed E-state index contributed by atoms with van der Waals surface area (Å²) in [6.45, 7) is 0. The van der Waals surface area contributed by atoms with Gasteiger partial charge in [0, 0.05) is 0 Å². The van der Waals surface area contributed by atoms with Gasteiger partial charge in [-0.15, -0.1) is 11.8 Å². The first-order valence-electron chi connectivity index (χ1n) is 3.02. The number of halogens is 1. The maximum Gasteiger partial charge on any atom is 0.172 e. The van der Waals surface area contributed by atoms with Gasteiger partial charge in [0.1, 0.15) is 0 Å². The maximum atomic E-state index is 5.76. The van der Waals surface area contributed by atoms with Gasteiger partial charge in [-0.25, -0.2) is 4.98 Å². The van der Waals surface area contributed by atoms with E-state index in [-0.39, 0.29) is 0 Å². The van der Waals surface area contributed by atoms with E-state index in [2.05, 4.69) is 4.98 Å². The van der Waals surface area contributed by atoms with Crippen LogP contribution in [0.3, 0.4) is 0 Å². The molecule has 11 heavy (non-hydrogen) atoms. The summed E-state index contributed by atoms with van der Waals surface area (Å²) in [6.07, 6.45) is 1.95. The van der Waals surface area contributed by atoms with Gasteiger partial charge in [0.25, 0.3) is 0 Å². The highest BCUT2D eigenvalue weighted by atomic mass is 35.5. The third-order valence-electron chi connectivity index (χ3n) is 1.22. The Balaban J connectivity index is 2.99. The highest BCUT2D eigenvalue weighted by molar-refractivity contribution is 7.98. The van der Waals surface area contributed by atoms with Crippen LogP contribution in [-0.2, 0) is 0 Å². The van der Waals surface area contributed by atoms with Crippen molar-refractivity contribution in [2.24, 2.45) is 0 Å². The lowest BCUT2D eigenvalue weighted by Gasteiger charge is -2.01. The Bertz CT molecular complexity index is 254. The van der Waals surface area contributed by atoms with E-state index in [1.54, 1.807) is 24.9 Å². The van der Waals surface area contributed by atoms with Crippen molar-refractivity contribution >= 4 is 23.4 Å². The van der Waals surface area contributed by atoms with Crippen molar-refractivity contribution in [2.45, 2.75) is 5.03 Å². The molecule has 0 amide bonds. The van der Waals surface area contributed by atoms with Crippen molar-refractivity contribution in [3.63, 3.8) is 0 Å². The number of rotatable bonds is 2. The molecule has 4 heteroatoms. The summed E-state index contributed by atoms with van der Waals surface area (Å²) >= 11 is 7.31. The maximum absolute atomic E-state index is 5.76. The van der Waals surface area contributed by atoms with Crippen molar-refractivity contribution in [3.8, 4) is 5.75 Å². The number of nitrogens with zero attached hydrogens (tertiary/aromatic N) is 1. The molecule has 1 rings (SSSR count). The first-order valence-corrected chi connectivity index (χ1v) is 4.62. The number of hydrogen-bond donors (Lipinski definition) is 0. The van der Waals surface area contributed by atoms with E-state index >= 15 is 0 Å². The average Bonchev–Trinajstić information content (AvgIpc) is 2.04. The molecule has 0 N–H and O–H groups in total. The minimum Gasteiger partial charge on any atom is -0.494 e. The van der Waals surface area contributed by atoms with Gasteiger partial charge in [0.2, 0.25) is 0 Å². The van der Waals surface area contributed by atoms with Crippen LogP contribution in [0, 0.1) is 0 Å². The highest BCUT2D eigenvalue weighted by Gasteiger charge is 2.01. The standard InChI is InChI=1S/C7H8ClNOS/c1-10-5-3-4-6(11-2)9-7(5)8/h3-4H,1-2H3. The molecule has 0 spiro atoms. The van der Waals surface area contributed by atoms with Crippen LogP contribution in [0.25, 0.3) is 0 Å². The lowest BCUT2D eigenvalue weighted by Crippen LogP contribution is -1.87. The summed E-state index contributed by atoms with van der Waals surface area (Å²) in [4.78, 5) is 4.07. The molecule has 0 aliphatic carbocycles. The zero-order chi connectivity index (χ0) is 8.27. The van der Waals surface area contributed by atoms with E-state index in [4.69, 9.17) is 16.3 Å². The molecule has 0 aliphatic rings. The Morgan fingerprint density at radius 1 is 1.55 bits per heavy atom. The predicted octanol–water partition coefficient (Wildman–Crippen LogP) is 2.47. The van der Waals surface area contributed by atoms with E-state index in [9.17, 15) is 0 Å². The molecule has 0 saturated carbocycles. The van der Waals surface area contributed by atoms with Crippen LogP contribution in [0.4, 0.5) is 0 Å². The fraction of sp³-hybridized carbons (Fsp3) is 0.286. The second-order valence-corrected chi connectivity index (χ2v) is 3.03. The minimum atomic E-state index is 0.416. The van der Waals surface area contributed by atoms with Crippen LogP contribution >= 0.6 is 23.4 Å². The van der Waals surface area contributed by atoms with Gasteiger partial charge in [0.05, 0.1) is 12.1 Å². The molecule has 0 unspecified atom stereocenters. The summed E-state index contributed by atoms with van der Waals surface area (Å²) in [7, 11) is 1.57. The molecule has 0 aliphatic heterocycles. The van der Waals surface area contributed by atoms with Gasteiger partial charge < -0.3 is 4.74 Å². The van der Waals surface area contributed by atoms with Gasteiger partial charge in [-0.3, -0.25) is 0 Å². The highest BCUT2D eigenvalue weighted by Crippen LogP contribution is 2.24. The van der Waals surface area contributed by atoms with E-state index in [1.165, 1.54) is 0 Å². The number of aromatic nitrogens is 1. The molecule has 0 saturated heterocycles. The molecule has 2 nitrogen and oxygen atoms in total. The topological polar surface area (TPSA) is 22.1 Å². The smallest absolute Gasteiger partial charge is 0.172 e. The van der Waals surface area contributed by atoms with E-state index in [0.29, 0.717) is 10.9 Å². The van der Waals surface area contributed by atoms with Gasteiger partial charge in [-0.05, 0) is 18.4 Å². The second kappa shape index (κ2) is 3.83. The van der Waals surface area contributed by atoms with Crippen LogP contribution in [0.1, 0.15) is 0 Å². The van der Waals surface area contributed by atoms with Crippen molar-refractivity contribution < 1.29 is 4.74 Å². The minimum absolute atomic E-state index is 0.416. The monoisotopic (exact) mass is 189 g/mol. The summed E-state index contributed by atoms with van der Waals surface area (Å²) in [5.41, 5.74) is 0. The molecule has 0 aromatic carbocycles. The number of methoxy groups -OCH3 is 1. The molecular formula is C7H8ClNOS. The molecule has 0 radical (unpaired) electrons. The predicted molar refractivity (Wildman–Crippen MR) is 47.6 cm³/mol. The summed E-state index contributed by atoms with van der Waals surface area (Å²) < 4.78 is 4.94. The molecule has 60 valence electrons. The zero-order valence-corrected chi connectivity index (χ0v) is 7.87. The zero-order valence-electron chi connectivity index (χ0n) is 6.30. The Labute approximate surface area is 74.9 Å². The van der Waals surface area contributed by atoms with Gasteiger partial charge in [-0.2, -0.15) is 0 Å². The van der Waals surface area contributed by atoms with Crippen molar-refractivity contribution in [2.75, 3.05) is 13.4 Å². The lowest BCUT2D eigenvalue weighted by atomic mass is 10.5. The fourth-order valence-electron chi connectivity index (χ4n) is 0.671. The first-order chi connectivity index (χ1) is 5.27. The number of ether oxygens (including phenoxy) is 1. The number of pyridine rings is 1. The van der Waals surface area contributed by atoms with Gasteiger partial charge >= 0.3 is 0 Å². The van der Waals surface area contributed by atoms with Crippen LogP contribution in [-0.4, -0.2) is 18.3 Å². The van der Waals surface area contributed by atoms with Crippen LogP contribution in [0.2, 0.25) is 5.15 Å². The third kappa shape index (κ3) is 2.01. The number of hydrogen-bond acceptors (Lipinski definition) is 3. The molecule has 1 aromatic rings. The van der Waals surface area contributed by atoms with Crippen molar-refractivity contribution in [1.29, 1.82) is 0 Å². The molecular weight excluding hydrogens is 182 g/mol. The molecule has 1 aromatic heterocycles. The van der Waals surface area contributed by atoms with Crippen LogP contribution in [0.15, 0.2) is 17.2 Å². The normalized spacial score (nSPS) is 9.73. The van der Waals surface area contributed by atoms with Crippen LogP contribution in [0.5, 0.6) is 5.75 Å². The lowest BCUT2D eigenvalue weighted by molar-refractivity contribution is 0.412. The van der Waals surface area contributed by atoms with E-state index < -0.39 is 0 Å². The largest absolute Gasteiger partial charge is 0.494 e.